The Morgan fingerprint density at radius 2 is 0.336 bits per heavy atom. The van der Waals surface area contributed by atoms with Gasteiger partial charge in [0.15, 0.2) is 0 Å². The highest BCUT2D eigenvalue weighted by atomic mass is 16.6. The molecule has 0 aliphatic carbocycles. The van der Waals surface area contributed by atoms with Gasteiger partial charge in [0.1, 0.15) is 136 Å². The summed E-state index contributed by atoms with van der Waals surface area (Å²) >= 11 is 0. The first kappa shape index (κ1) is 89.9. The normalized spacial score (nSPS) is 12.0. The van der Waals surface area contributed by atoms with Crippen molar-refractivity contribution in [2.45, 2.75) is 171 Å². The van der Waals surface area contributed by atoms with E-state index in [1.54, 1.807) is 197 Å². The predicted octanol–water partition coefficient (Wildman–Crippen LogP) is 24.4. The van der Waals surface area contributed by atoms with Gasteiger partial charge in [0.25, 0.3) is 0 Å². The summed E-state index contributed by atoms with van der Waals surface area (Å²) in [5.74, 6) is -4.14. The van der Waals surface area contributed by atoms with Gasteiger partial charge in [-0.05, 0) is 379 Å². The first-order valence-electron chi connectivity index (χ1n) is 40.6. The third-order valence-corrected chi connectivity index (χ3v) is 19.4. The number of rotatable bonds is 21. The van der Waals surface area contributed by atoms with Gasteiger partial charge in [-0.15, -0.1) is 0 Å². The van der Waals surface area contributed by atoms with Crippen LogP contribution in [0.1, 0.15) is 210 Å². The fourth-order valence-corrected chi connectivity index (χ4v) is 13.7. The highest BCUT2D eigenvalue weighted by Gasteiger charge is 2.34. The molecule has 12 aromatic rings. The zero-order chi connectivity index (χ0) is 91.0. The van der Waals surface area contributed by atoms with Crippen LogP contribution >= 0.6 is 0 Å². The number of phenolic OH excluding ortho intramolecular Hbond substituents is 6. The number of aromatic hydroxyl groups is 6. The van der Waals surface area contributed by atoms with Crippen molar-refractivity contribution < 1.29 is 102 Å². The maximum absolute atomic E-state index is 13.6. The molecule has 0 aliphatic rings. The number of hydrogen-bond acceptors (Lipinski definition) is 21. The van der Waals surface area contributed by atoms with Gasteiger partial charge in [-0.25, -0.2) is 28.8 Å². The average Bonchev–Trinajstić information content (AvgIpc) is 0.744. The third kappa shape index (κ3) is 22.5. The van der Waals surface area contributed by atoms with Gasteiger partial charge >= 0.3 is 35.8 Å². The SMILES string of the molecule is CC(C)(C)OC(=O)c1cc(-c2cc(Oc3ccc(C(C)(c4ccc(Oc5cc(-c6ccc(O)c(C(=O)OC(C)(C)C)c6)cc(-c6ccc(O)c(C(=O)OC(C)(C)C)c6)c5)cc4)c4ccc(Oc5cc(-c6ccc(O)c(C(=O)OC(C)(C)C)c6)cc(-c6ccc(O)c(C(=O)OC(C)(C)C)c6)c5)cc4)cc3)cc(-c3ccc(O)c(C(=O)OC(C)(C)C)c3)c2)ccc1O. The maximum atomic E-state index is 13.6. The molecule has 0 heterocycles. The van der Waals surface area contributed by atoms with Crippen molar-refractivity contribution in [3.05, 3.63) is 287 Å². The minimum atomic E-state index is -1.04. The quantitative estimate of drug-likeness (QED) is 0.0221. The molecule has 644 valence electrons. The highest BCUT2D eigenvalue weighted by molar-refractivity contribution is 5.99. The Labute approximate surface area is 726 Å². The Balaban J connectivity index is 0.968. The van der Waals surface area contributed by atoms with Gasteiger partial charge in [-0.3, -0.25) is 0 Å². The molecule has 0 saturated heterocycles. The van der Waals surface area contributed by atoms with Gasteiger partial charge in [0.05, 0.1) is 0 Å². The van der Waals surface area contributed by atoms with E-state index in [4.69, 9.17) is 42.6 Å². The molecule has 0 spiro atoms. The van der Waals surface area contributed by atoms with E-state index < -0.39 is 74.8 Å². The van der Waals surface area contributed by atoms with E-state index in [0.29, 0.717) is 101 Å². The van der Waals surface area contributed by atoms with Gasteiger partial charge in [-0.2, -0.15) is 0 Å². The lowest BCUT2D eigenvalue weighted by molar-refractivity contribution is 0.00538. The second kappa shape index (κ2) is 34.9. The molecule has 0 radical (unpaired) electrons. The van der Waals surface area contributed by atoms with Crippen molar-refractivity contribution in [2.24, 2.45) is 0 Å². The van der Waals surface area contributed by atoms with Gasteiger partial charge < -0.3 is 73.3 Å². The van der Waals surface area contributed by atoms with Crippen LogP contribution < -0.4 is 14.2 Å². The number of hydrogen-bond donors (Lipinski definition) is 6. The molecule has 0 aromatic heterocycles. The molecule has 0 fully saturated rings. The second-order valence-corrected chi connectivity index (χ2v) is 36.6. The zero-order valence-corrected chi connectivity index (χ0v) is 73.3. The Morgan fingerprint density at radius 1 is 0.184 bits per heavy atom. The van der Waals surface area contributed by atoms with Crippen molar-refractivity contribution in [1.29, 1.82) is 0 Å². The van der Waals surface area contributed by atoms with E-state index in [1.807, 2.05) is 91.0 Å². The first-order valence-corrected chi connectivity index (χ1v) is 40.6. The van der Waals surface area contributed by atoms with Crippen LogP contribution in [-0.4, -0.2) is 100 Å². The molecule has 21 nitrogen and oxygen atoms in total. The summed E-state index contributed by atoms with van der Waals surface area (Å²) < 4.78 is 54.6. The Hall–Kier alpha value is -14.3. The summed E-state index contributed by atoms with van der Waals surface area (Å²) in [5, 5.41) is 66.4. The van der Waals surface area contributed by atoms with Crippen LogP contribution in [0.3, 0.4) is 0 Å². The van der Waals surface area contributed by atoms with Crippen LogP contribution in [-0.2, 0) is 33.8 Å². The van der Waals surface area contributed by atoms with Crippen LogP contribution in [0.25, 0.3) is 66.8 Å². The molecule has 0 atom stereocenters. The van der Waals surface area contributed by atoms with E-state index in [0.717, 1.165) is 16.7 Å². The topological polar surface area (TPSA) is 307 Å². The van der Waals surface area contributed by atoms with Crippen LogP contribution in [0.15, 0.2) is 237 Å². The van der Waals surface area contributed by atoms with E-state index in [-0.39, 0.29) is 67.9 Å². The Morgan fingerprint density at radius 3 is 0.480 bits per heavy atom. The van der Waals surface area contributed by atoms with Crippen molar-refractivity contribution in [3.8, 4) is 136 Å². The Bertz CT molecular complexity index is 5270. The van der Waals surface area contributed by atoms with E-state index in [1.165, 1.54) is 72.8 Å². The molecule has 0 bridgehead atoms. The first-order chi connectivity index (χ1) is 58.4. The summed E-state index contributed by atoms with van der Waals surface area (Å²) in [5.41, 5.74) is 1.70. The monoisotopic (exact) mass is 1690 g/mol. The van der Waals surface area contributed by atoms with Crippen LogP contribution in [0.2, 0.25) is 0 Å². The molecule has 0 saturated carbocycles. The van der Waals surface area contributed by atoms with Crippen molar-refractivity contribution in [3.63, 3.8) is 0 Å². The number of phenols is 6. The fourth-order valence-electron chi connectivity index (χ4n) is 13.7. The molecule has 12 aromatic carbocycles. The van der Waals surface area contributed by atoms with Crippen LogP contribution in [0, 0.1) is 0 Å². The van der Waals surface area contributed by atoms with Gasteiger partial charge in [-0.1, -0.05) is 72.8 Å². The summed E-state index contributed by atoms with van der Waals surface area (Å²) in [6.07, 6.45) is 0. The minimum absolute atomic E-state index is 0.0790. The van der Waals surface area contributed by atoms with E-state index >= 15 is 0 Å². The van der Waals surface area contributed by atoms with Crippen LogP contribution in [0.5, 0.6) is 69.0 Å². The maximum Gasteiger partial charge on any atom is 0.342 e. The number of carbonyl (C=O) groups is 6. The highest BCUT2D eigenvalue weighted by Crippen LogP contribution is 2.46. The number of benzene rings is 12. The van der Waals surface area contributed by atoms with E-state index in [2.05, 4.69) is 6.92 Å². The summed E-state index contributed by atoms with van der Waals surface area (Å²) in [6.45, 7) is 33.0. The predicted molar refractivity (Wildman–Crippen MR) is 478 cm³/mol. The number of esters is 6. The summed E-state index contributed by atoms with van der Waals surface area (Å²) in [4.78, 5) is 81.7. The molecule has 0 aliphatic heterocycles. The number of carbonyl (C=O) groups excluding carboxylic acids is 6. The molecule has 0 amide bonds. The largest absolute Gasteiger partial charge is 0.507 e. The molecular weight excluding hydrogens is 1590 g/mol. The van der Waals surface area contributed by atoms with Crippen molar-refractivity contribution in [2.75, 3.05) is 0 Å². The third-order valence-electron chi connectivity index (χ3n) is 19.4. The zero-order valence-electron chi connectivity index (χ0n) is 73.3. The lowest BCUT2D eigenvalue weighted by Crippen LogP contribution is -2.25. The van der Waals surface area contributed by atoms with E-state index in [9.17, 15) is 59.4 Å². The molecule has 0 unspecified atom stereocenters. The summed E-state index contributed by atoms with van der Waals surface area (Å²) in [7, 11) is 0. The van der Waals surface area contributed by atoms with Gasteiger partial charge in [0, 0.05) is 5.41 Å². The molecule has 6 N–H and O–H groups in total. The van der Waals surface area contributed by atoms with Crippen molar-refractivity contribution in [1.82, 2.24) is 0 Å². The lowest BCUT2D eigenvalue weighted by atomic mass is 9.71. The number of ether oxygens (including phenoxy) is 9. The minimum Gasteiger partial charge on any atom is -0.507 e. The summed E-state index contributed by atoms with van der Waals surface area (Å²) in [6, 6.07) is 65.9. The smallest absolute Gasteiger partial charge is 0.342 e. The molecule has 12 rings (SSSR count). The standard InChI is InChI=1S/C104H102O21/c1-98(2,3)120-92(111)80-53-59(20-38-86(80)105)65-44-66(60-21-39-87(106)81(54-60)93(112)121-99(4,5)6)48-77(47-65)117-74-32-26-71(27-33-74)104(19,72-28-34-75(35-29-72)118-78-49-67(61-22-40-88(107)82(55-61)94(113)122-100(7,8)9)45-68(50-78)62-23-41-89(108)83(56-62)95(114)123-101(10,11)12)73-30-36-76(37-31-73)119-79-51-69(63-24-42-90(109)84(57-63)96(115)124-102(13,14)15)46-70(52-79)64-25-43-91(110)85(58-64)97(116)125-103(16,17)18/h20-58,105-110H,1-19H3. The molecule has 21 heteroatoms. The lowest BCUT2D eigenvalue weighted by Gasteiger charge is -2.32. The fraction of sp³-hybridized carbons (Fsp3) is 0.250. The molecule has 125 heavy (non-hydrogen) atoms. The van der Waals surface area contributed by atoms with Crippen molar-refractivity contribution >= 4 is 35.8 Å². The van der Waals surface area contributed by atoms with Crippen LogP contribution in [0.4, 0.5) is 0 Å². The second-order valence-electron chi connectivity index (χ2n) is 36.6. The Kier molecular flexibility index (Phi) is 25.1. The van der Waals surface area contributed by atoms with Gasteiger partial charge in [0.2, 0.25) is 0 Å². The average molecular weight is 1690 g/mol. The molecular formula is C104H102O21.